The molecule has 0 radical (unpaired) electrons. The summed E-state index contributed by atoms with van der Waals surface area (Å²) in [4.78, 5) is 18.5. The number of oxazole rings is 1. The first-order chi connectivity index (χ1) is 11.2. The standard InChI is InChI=1S/C18H24N2O3/c1-3-22-17(21)10-8-14-6-4-5-11-20(14)18-19-15-12-13(2)7-9-16(15)23-18/h7,9,12,14H,3-6,8,10-11H2,1-2H3. The zero-order valence-corrected chi connectivity index (χ0v) is 13.9. The summed E-state index contributed by atoms with van der Waals surface area (Å²) < 4.78 is 11.0. The first-order valence-corrected chi connectivity index (χ1v) is 8.47. The molecule has 2 aromatic rings. The smallest absolute Gasteiger partial charge is 0.305 e. The molecule has 5 heteroatoms. The van der Waals surface area contributed by atoms with E-state index in [0.29, 0.717) is 25.1 Å². The van der Waals surface area contributed by atoms with Gasteiger partial charge in [-0.1, -0.05) is 6.07 Å². The average Bonchev–Trinajstić information content (AvgIpc) is 2.96. The molecule has 0 bridgehead atoms. The topological polar surface area (TPSA) is 55.6 Å². The maximum Gasteiger partial charge on any atom is 0.305 e. The fraction of sp³-hybridized carbons (Fsp3) is 0.556. The van der Waals surface area contributed by atoms with Gasteiger partial charge in [0.25, 0.3) is 6.01 Å². The molecule has 0 saturated carbocycles. The van der Waals surface area contributed by atoms with E-state index in [-0.39, 0.29) is 5.97 Å². The lowest BCUT2D eigenvalue weighted by atomic mass is 9.98. The maximum absolute atomic E-state index is 11.6. The Morgan fingerprint density at radius 3 is 3.13 bits per heavy atom. The fourth-order valence-electron chi connectivity index (χ4n) is 3.22. The molecule has 1 aromatic heterocycles. The van der Waals surface area contributed by atoms with Crippen LogP contribution in [0.4, 0.5) is 6.01 Å². The quantitative estimate of drug-likeness (QED) is 0.785. The molecule has 0 aliphatic carbocycles. The first-order valence-electron chi connectivity index (χ1n) is 8.47. The molecular formula is C18H24N2O3. The lowest BCUT2D eigenvalue weighted by Gasteiger charge is -2.34. The van der Waals surface area contributed by atoms with Crippen molar-refractivity contribution >= 4 is 23.1 Å². The van der Waals surface area contributed by atoms with Crippen molar-refractivity contribution < 1.29 is 13.9 Å². The number of piperidine rings is 1. The van der Waals surface area contributed by atoms with Crippen LogP contribution in [0.1, 0.15) is 44.6 Å². The molecule has 1 atom stereocenters. The number of aryl methyl sites for hydroxylation is 1. The van der Waals surface area contributed by atoms with E-state index in [1.165, 1.54) is 12.0 Å². The van der Waals surface area contributed by atoms with E-state index >= 15 is 0 Å². The Kier molecular flexibility index (Phi) is 4.84. The Hall–Kier alpha value is -2.04. The minimum absolute atomic E-state index is 0.119. The highest BCUT2D eigenvalue weighted by Crippen LogP contribution is 2.29. The molecule has 0 amide bonds. The number of ether oxygens (including phenoxy) is 1. The van der Waals surface area contributed by atoms with Crippen LogP contribution < -0.4 is 4.90 Å². The van der Waals surface area contributed by atoms with Crippen LogP contribution in [0.15, 0.2) is 22.6 Å². The number of esters is 1. The van der Waals surface area contributed by atoms with Crippen molar-refractivity contribution in [3.05, 3.63) is 23.8 Å². The third-order valence-electron chi connectivity index (χ3n) is 4.39. The molecule has 5 nitrogen and oxygen atoms in total. The van der Waals surface area contributed by atoms with Gasteiger partial charge in [-0.2, -0.15) is 4.98 Å². The largest absolute Gasteiger partial charge is 0.466 e. The van der Waals surface area contributed by atoms with E-state index in [9.17, 15) is 4.79 Å². The minimum Gasteiger partial charge on any atom is -0.466 e. The Morgan fingerprint density at radius 1 is 1.43 bits per heavy atom. The second kappa shape index (κ2) is 7.02. The van der Waals surface area contributed by atoms with Crippen LogP contribution >= 0.6 is 0 Å². The van der Waals surface area contributed by atoms with Crippen LogP contribution in [0.2, 0.25) is 0 Å². The summed E-state index contributed by atoms with van der Waals surface area (Å²) in [6, 6.07) is 7.02. The lowest BCUT2D eigenvalue weighted by molar-refractivity contribution is -0.143. The fourth-order valence-corrected chi connectivity index (χ4v) is 3.22. The normalized spacial score (nSPS) is 18.3. The predicted octanol–water partition coefficient (Wildman–Crippen LogP) is 3.84. The van der Waals surface area contributed by atoms with Crippen molar-refractivity contribution in [1.82, 2.24) is 4.98 Å². The van der Waals surface area contributed by atoms with Gasteiger partial charge in [-0.25, -0.2) is 0 Å². The van der Waals surface area contributed by atoms with E-state index in [0.717, 1.165) is 36.9 Å². The van der Waals surface area contributed by atoms with Crippen molar-refractivity contribution in [3.63, 3.8) is 0 Å². The number of carbonyl (C=O) groups excluding carboxylic acids is 1. The van der Waals surface area contributed by atoms with E-state index in [1.54, 1.807) is 0 Å². The van der Waals surface area contributed by atoms with Gasteiger partial charge in [-0.3, -0.25) is 4.79 Å². The van der Waals surface area contributed by atoms with Crippen molar-refractivity contribution in [1.29, 1.82) is 0 Å². The number of rotatable bonds is 5. The van der Waals surface area contributed by atoms with Crippen molar-refractivity contribution in [2.24, 2.45) is 0 Å². The zero-order valence-electron chi connectivity index (χ0n) is 13.9. The van der Waals surface area contributed by atoms with Crippen LogP contribution in [-0.2, 0) is 9.53 Å². The van der Waals surface area contributed by atoms with E-state index in [2.05, 4.69) is 16.8 Å². The molecule has 1 aromatic carbocycles. The summed E-state index contributed by atoms with van der Waals surface area (Å²) >= 11 is 0. The number of anilines is 1. The summed E-state index contributed by atoms with van der Waals surface area (Å²) in [5, 5.41) is 0. The SMILES string of the molecule is CCOC(=O)CCC1CCCCN1c1nc2cc(C)ccc2o1. The third kappa shape index (κ3) is 3.66. The lowest BCUT2D eigenvalue weighted by Crippen LogP contribution is -2.40. The highest BCUT2D eigenvalue weighted by molar-refractivity contribution is 5.75. The number of hydrogen-bond acceptors (Lipinski definition) is 5. The van der Waals surface area contributed by atoms with E-state index < -0.39 is 0 Å². The Balaban J connectivity index is 1.75. The number of benzene rings is 1. The minimum atomic E-state index is -0.119. The molecule has 23 heavy (non-hydrogen) atoms. The molecule has 2 heterocycles. The second-order valence-electron chi connectivity index (χ2n) is 6.15. The van der Waals surface area contributed by atoms with Crippen LogP contribution in [0.3, 0.4) is 0 Å². The molecule has 1 saturated heterocycles. The van der Waals surface area contributed by atoms with Gasteiger partial charge in [0.1, 0.15) is 5.52 Å². The Labute approximate surface area is 136 Å². The van der Waals surface area contributed by atoms with Crippen LogP contribution in [0.25, 0.3) is 11.1 Å². The average molecular weight is 316 g/mol. The van der Waals surface area contributed by atoms with E-state index in [4.69, 9.17) is 9.15 Å². The van der Waals surface area contributed by atoms with Crippen molar-refractivity contribution in [3.8, 4) is 0 Å². The van der Waals surface area contributed by atoms with Crippen LogP contribution in [0, 0.1) is 6.92 Å². The van der Waals surface area contributed by atoms with Gasteiger partial charge in [0.2, 0.25) is 0 Å². The molecule has 0 N–H and O–H groups in total. The Morgan fingerprint density at radius 2 is 2.30 bits per heavy atom. The van der Waals surface area contributed by atoms with Crippen molar-refractivity contribution in [2.75, 3.05) is 18.1 Å². The zero-order chi connectivity index (χ0) is 16.2. The number of aromatic nitrogens is 1. The van der Waals surface area contributed by atoms with Crippen LogP contribution in [-0.4, -0.2) is 30.1 Å². The summed E-state index contributed by atoms with van der Waals surface area (Å²) in [6.45, 7) is 5.26. The van der Waals surface area contributed by atoms with Gasteiger partial charge in [0.05, 0.1) is 6.61 Å². The number of carbonyl (C=O) groups is 1. The van der Waals surface area contributed by atoms with Gasteiger partial charge < -0.3 is 14.1 Å². The van der Waals surface area contributed by atoms with Crippen molar-refractivity contribution in [2.45, 2.75) is 52.0 Å². The number of hydrogen-bond donors (Lipinski definition) is 0. The highest BCUT2D eigenvalue weighted by Gasteiger charge is 2.27. The van der Waals surface area contributed by atoms with Gasteiger partial charge >= 0.3 is 5.97 Å². The third-order valence-corrected chi connectivity index (χ3v) is 4.39. The monoisotopic (exact) mass is 316 g/mol. The molecule has 124 valence electrons. The van der Waals surface area contributed by atoms with E-state index in [1.807, 2.05) is 25.1 Å². The molecule has 1 unspecified atom stereocenters. The predicted molar refractivity (Wildman–Crippen MR) is 89.6 cm³/mol. The molecule has 3 rings (SSSR count). The molecule has 1 aliphatic rings. The molecule has 0 spiro atoms. The molecule has 1 aliphatic heterocycles. The van der Waals surface area contributed by atoms with Gasteiger partial charge in [0, 0.05) is 19.0 Å². The summed E-state index contributed by atoms with van der Waals surface area (Å²) in [6.07, 6.45) is 4.62. The summed E-state index contributed by atoms with van der Waals surface area (Å²) in [7, 11) is 0. The summed E-state index contributed by atoms with van der Waals surface area (Å²) in [5.74, 6) is -0.119. The van der Waals surface area contributed by atoms with Gasteiger partial charge in [-0.05, 0) is 57.2 Å². The van der Waals surface area contributed by atoms with Crippen LogP contribution in [0.5, 0.6) is 0 Å². The highest BCUT2D eigenvalue weighted by atomic mass is 16.5. The van der Waals surface area contributed by atoms with Gasteiger partial charge in [-0.15, -0.1) is 0 Å². The summed E-state index contributed by atoms with van der Waals surface area (Å²) in [5.41, 5.74) is 2.89. The molecule has 1 fully saturated rings. The maximum atomic E-state index is 11.6. The first kappa shape index (κ1) is 15.8. The number of nitrogens with zero attached hydrogens (tertiary/aromatic N) is 2. The number of fused-ring (bicyclic) bond motifs is 1. The second-order valence-corrected chi connectivity index (χ2v) is 6.15. The Bertz CT molecular complexity index is 680. The molecular weight excluding hydrogens is 292 g/mol. The van der Waals surface area contributed by atoms with Gasteiger partial charge in [0.15, 0.2) is 5.58 Å².